The van der Waals surface area contributed by atoms with Gasteiger partial charge in [0.25, 0.3) is 0 Å². The van der Waals surface area contributed by atoms with Gasteiger partial charge in [-0.2, -0.15) is 0 Å². The molecule has 9 heteroatoms. The van der Waals surface area contributed by atoms with Crippen LogP contribution in [0.1, 0.15) is 40.0 Å². The molecule has 2 N–H and O–H groups in total. The largest absolute Gasteiger partial charge is 0.357 e. The van der Waals surface area contributed by atoms with Crippen molar-refractivity contribution in [1.29, 1.82) is 0 Å². The van der Waals surface area contributed by atoms with Gasteiger partial charge in [0.15, 0.2) is 5.96 Å². The minimum Gasteiger partial charge on any atom is -0.357 e. The highest BCUT2D eigenvalue weighted by Gasteiger charge is 2.28. The van der Waals surface area contributed by atoms with Crippen molar-refractivity contribution in [1.82, 2.24) is 19.8 Å². The molecular formula is C17H36IN5O2S. The molecule has 1 unspecified atom stereocenters. The van der Waals surface area contributed by atoms with Gasteiger partial charge in [0, 0.05) is 31.7 Å². The molecule has 154 valence electrons. The predicted molar refractivity (Wildman–Crippen MR) is 119 cm³/mol. The minimum atomic E-state index is -3.24. The van der Waals surface area contributed by atoms with E-state index in [1.165, 1.54) is 45.2 Å². The molecule has 7 nitrogen and oxygen atoms in total. The molecule has 26 heavy (non-hydrogen) atoms. The molecule has 2 aliphatic rings. The van der Waals surface area contributed by atoms with Crippen molar-refractivity contribution in [3.05, 3.63) is 0 Å². The first-order valence-electron chi connectivity index (χ1n) is 9.43. The van der Waals surface area contributed by atoms with E-state index >= 15 is 0 Å². The zero-order valence-electron chi connectivity index (χ0n) is 16.6. The Morgan fingerprint density at radius 1 is 1.23 bits per heavy atom. The van der Waals surface area contributed by atoms with Crippen LogP contribution in [0.3, 0.4) is 0 Å². The van der Waals surface area contributed by atoms with Gasteiger partial charge in [-0.25, -0.2) is 13.1 Å². The highest BCUT2D eigenvalue weighted by molar-refractivity contribution is 14.0. The third-order valence-electron chi connectivity index (χ3n) is 4.72. The van der Waals surface area contributed by atoms with Crippen LogP contribution in [-0.4, -0.2) is 81.8 Å². The SMILES string of the molecule is CCNC(=NCC(C)(C)NS(C)(=O)=O)N1CCC(CN2CCCC2)C1.I. The first kappa shape index (κ1) is 23.9. The summed E-state index contributed by atoms with van der Waals surface area (Å²) < 4.78 is 25.6. The van der Waals surface area contributed by atoms with Crippen molar-refractivity contribution in [3.8, 4) is 0 Å². The van der Waals surface area contributed by atoms with E-state index in [0.717, 1.165) is 25.6 Å². The van der Waals surface area contributed by atoms with Crippen molar-refractivity contribution in [2.45, 2.75) is 45.6 Å². The maximum absolute atomic E-state index is 11.5. The molecule has 2 aliphatic heterocycles. The van der Waals surface area contributed by atoms with Crippen molar-refractivity contribution in [2.75, 3.05) is 52.1 Å². The quantitative estimate of drug-likeness (QED) is 0.313. The van der Waals surface area contributed by atoms with E-state index in [1.54, 1.807) is 0 Å². The fraction of sp³-hybridized carbons (Fsp3) is 0.941. The molecule has 0 saturated carbocycles. The van der Waals surface area contributed by atoms with Gasteiger partial charge in [0.2, 0.25) is 10.0 Å². The van der Waals surface area contributed by atoms with E-state index in [4.69, 9.17) is 4.99 Å². The number of sulfonamides is 1. The Hall–Kier alpha value is -0.130. The molecule has 0 aliphatic carbocycles. The molecule has 2 saturated heterocycles. The van der Waals surface area contributed by atoms with Crippen molar-refractivity contribution in [3.63, 3.8) is 0 Å². The normalized spacial score (nSPS) is 22.5. The highest BCUT2D eigenvalue weighted by atomic mass is 127. The number of aliphatic imine (C=N–C) groups is 1. The third kappa shape index (κ3) is 8.26. The van der Waals surface area contributed by atoms with Gasteiger partial charge in [0.1, 0.15) is 0 Å². The molecular weight excluding hydrogens is 465 g/mol. The number of nitrogens with one attached hydrogen (secondary N) is 2. The van der Waals surface area contributed by atoms with Crippen LogP contribution in [0.4, 0.5) is 0 Å². The summed E-state index contributed by atoms with van der Waals surface area (Å²) in [5, 5.41) is 3.36. The Bertz CT molecular complexity index is 562. The summed E-state index contributed by atoms with van der Waals surface area (Å²) >= 11 is 0. The van der Waals surface area contributed by atoms with Gasteiger partial charge in [-0.05, 0) is 59.0 Å². The summed E-state index contributed by atoms with van der Waals surface area (Å²) in [6.07, 6.45) is 5.06. The van der Waals surface area contributed by atoms with E-state index in [1.807, 2.05) is 13.8 Å². The van der Waals surface area contributed by atoms with Gasteiger partial charge in [0.05, 0.1) is 12.8 Å². The Kier molecular flexibility index (Phi) is 9.59. The molecule has 0 spiro atoms. The molecule has 0 bridgehead atoms. The van der Waals surface area contributed by atoms with E-state index in [0.29, 0.717) is 12.5 Å². The van der Waals surface area contributed by atoms with E-state index in [-0.39, 0.29) is 24.0 Å². The summed E-state index contributed by atoms with van der Waals surface area (Å²) in [6.45, 7) is 12.7. The van der Waals surface area contributed by atoms with Gasteiger partial charge < -0.3 is 15.1 Å². The van der Waals surface area contributed by atoms with Crippen LogP contribution in [-0.2, 0) is 10.0 Å². The predicted octanol–water partition coefficient (Wildman–Crippen LogP) is 1.32. The maximum atomic E-state index is 11.5. The first-order valence-corrected chi connectivity index (χ1v) is 11.3. The molecule has 1 atom stereocenters. The van der Waals surface area contributed by atoms with Crippen molar-refractivity contribution < 1.29 is 8.42 Å². The van der Waals surface area contributed by atoms with Gasteiger partial charge >= 0.3 is 0 Å². The van der Waals surface area contributed by atoms with Crippen LogP contribution < -0.4 is 10.0 Å². The minimum absolute atomic E-state index is 0. The Balaban J connectivity index is 0.00000338. The standard InChI is InChI=1S/C17H35N5O2S.HI/c1-5-18-16(19-14-17(2,3)20-25(4,23)24)22-11-8-15(13-22)12-21-9-6-7-10-21;/h15,20H,5-14H2,1-4H3,(H,18,19);1H. The number of hydrogen-bond donors (Lipinski definition) is 2. The Morgan fingerprint density at radius 3 is 2.46 bits per heavy atom. The summed E-state index contributed by atoms with van der Waals surface area (Å²) in [5.41, 5.74) is -0.594. The Morgan fingerprint density at radius 2 is 1.88 bits per heavy atom. The van der Waals surface area contributed by atoms with Crippen LogP contribution in [0.15, 0.2) is 4.99 Å². The van der Waals surface area contributed by atoms with Crippen LogP contribution in [0.2, 0.25) is 0 Å². The second kappa shape index (κ2) is 10.4. The Labute approximate surface area is 176 Å². The van der Waals surface area contributed by atoms with Crippen LogP contribution in [0, 0.1) is 5.92 Å². The smallest absolute Gasteiger partial charge is 0.209 e. The average molecular weight is 501 g/mol. The lowest BCUT2D eigenvalue weighted by Gasteiger charge is -2.26. The van der Waals surface area contributed by atoms with E-state index < -0.39 is 15.6 Å². The molecule has 0 radical (unpaired) electrons. The van der Waals surface area contributed by atoms with Crippen molar-refractivity contribution >= 4 is 40.0 Å². The number of hydrogen-bond acceptors (Lipinski definition) is 4. The number of guanidine groups is 1. The summed E-state index contributed by atoms with van der Waals surface area (Å²) in [5.74, 6) is 1.60. The molecule has 2 rings (SSSR count). The molecule has 2 heterocycles. The number of halogens is 1. The fourth-order valence-electron chi connectivity index (χ4n) is 3.74. The highest BCUT2D eigenvalue weighted by Crippen LogP contribution is 2.20. The number of nitrogens with zero attached hydrogens (tertiary/aromatic N) is 3. The molecule has 0 aromatic rings. The first-order chi connectivity index (χ1) is 11.7. The van der Waals surface area contributed by atoms with Crippen LogP contribution >= 0.6 is 24.0 Å². The lowest BCUT2D eigenvalue weighted by Crippen LogP contribution is -2.47. The van der Waals surface area contributed by atoms with E-state index in [2.05, 4.69) is 26.8 Å². The summed E-state index contributed by atoms with van der Waals surface area (Å²) in [4.78, 5) is 9.61. The van der Waals surface area contributed by atoms with Gasteiger partial charge in [-0.1, -0.05) is 0 Å². The molecule has 0 aromatic carbocycles. The second-order valence-electron chi connectivity index (χ2n) is 8.04. The van der Waals surface area contributed by atoms with Crippen LogP contribution in [0.5, 0.6) is 0 Å². The van der Waals surface area contributed by atoms with E-state index in [9.17, 15) is 8.42 Å². The molecule has 0 aromatic heterocycles. The molecule has 0 amide bonds. The lowest BCUT2D eigenvalue weighted by atomic mass is 10.1. The fourth-order valence-corrected chi connectivity index (χ4v) is 4.81. The summed E-state index contributed by atoms with van der Waals surface area (Å²) in [6, 6.07) is 0. The molecule has 2 fully saturated rings. The zero-order chi connectivity index (χ0) is 18.5. The lowest BCUT2D eigenvalue weighted by molar-refractivity contribution is 0.281. The maximum Gasteiger partial charge on any atom is 0.209 e. The number of rotatable bonds is 7. The third-order valence-corrected chi connectivity index (χ3v) is 5.64. The van der Waals surface area contributed by atoms with Gasteiger partial charge in [-0.3, -0.25) is 4.99 Å². The monoisotopic (exact) mass is 501 g/mol. The van der Waals surface area contributed by atoms with Gasteiger partial charge in [-0.15, -0.1) is 24.0 Å². The zero-order valence-corrected chi connectivity index (χ0v) is 19.8. The summed E-state index contributed by atoms with van der Waals surface area (Å²) in [7, 11) is -3.24. The topological polar surface area (TPSA) is 77.0 Å². The number of likely N-dealkylation sites (tertiary alicyclic amines) is 2. The second-order valence-corrected chi connectivity index (χ2v) is 9.79. The van der Waals surface area contributed by atoms with Crippen molar-refractivity contribution in [2.24, 2.45) is 10.9 Å². The average Bonchev–Trinajstić information content (AvgIpc) is 3.13. The van der Waals surface area contributed by atoms with Crippen LogP contribution in [0.25, 0.3) is 0 Å².